The molecule has 1 aromatic carbocycles. The van der Waals surface area contributed by atoms with Crippen LogP contribution in [-0.2, 0) is 11.8 Å². The molecule has 108 valence electrons. The summed E-state index contributed by atoms with van der Waals surface area (Å²) in [5.74, 6) is 0. The molecule has 0 aliphatic rings. The lowest BCUT2D eigenvalue weighted by atomic mass is 10.1. The van der Waals surface area contributed by atoms with E-state index < -0.39 is 0 Å². The minimum Gasteiger partial charge on any atom is -0.363 e. The number of likely N-dealkylation sites (N-methyl/N-ethyl adjacent to an activating group) is 1. The molecule has 0 radical (unpaired) electrons. The van der Waals surface area contributed by atoms with E-state index in [1.807, 2.05) is 42.2 Å². The van der Waals surface area contributed by atoms with Crippen LogP contribution in [-0.4, -0.2) is 41.4 Å². The van der Waals surface area contributed by atoms with Gasteiger partial charge in [0.05, 0.1) is 11.8 Å². The molecular formula is C16H23N3O. The first-order valence-electron chi connectivity index (χ1n) is 6.91. The van der Waals surface area contributed by atoms with Gasteiger partial charge in [0.1, 0.15) is 6.10 Å². The Morgan fingerprint density at radius 3 is 2.45 bits per heavy atom. The maximum absolute atomic E-state index is 6.27. The van der Waals surface area contributed by atoms with Gasteiger partial charge < -0.3 is 9.64 Å². The van der Waals surface area contributed by atoms with Gasteiger partial charge in [-0.05, 0) is 32.6 Å². The molecule has 0 spiro atoms. The highest BCUT2D eigenvalue weighted by Crippen LogP contribution is 2.26. The Kier molecular flexibility index (Phi) is 4.93. The van der Waals surface area contributed by atoms with Crippen molar-refractivity contribution in [2.24, 2.45) is 7.05 Å². The quantitative estimate of drug-likeness (QED) is 0.810. The van der Waals surface area contributed by atoms with Crippen LogP contribution in [0.1, 0.15) is 24.3 Å². The van der Waals surface area contributed by atoms with Crippen LogP contribution >= 0.6 is 0 Å². The third-order valence-electron chi connectivity index (χ3n) is 3.22. The topological polar surface area (TPSA) is 30.3 Å². The Labute approximate surface area is 121 Å². The second-order valence-corrected chi connectivity index (χ2v) is 5.38. The maximum atomic E-state index is 6.27. The zero-order chi connectivity index (χ0) is 14.5. The Hall–Kier alpha value is -1.65. The Morgan fingerprint density at radius 2 is 1.90 bits per heavy atom. The van der Waals surface area contributed by atoms with E-state index in [1.54, 1.807) is 0 Å². The summed E-state index contributed by atoms with van der Waals surface area (Å²) >= 11 is 0. The predicted molar refractivity (Wildman–Crippen MR) is 80.6 cm³/mol. The lowest BCUT2D eigenvalue weighted by Gasteiger charge is -2.25. The summed E-state index contributed by atoms with van der Waals surface area (Å²) in [7, 11) is 6.06. The van der Waals surface area contributed by atoms with E-state index in [2.05, 4.69) is 43.2 Å². The summed E-state index contributed by atoms with van der Waals surface area (Å²) in [6.07, 6.45) is 1.87. The molecule has 0 fully saturated rings. The van der Waals surface area contributed by atoms with Crippen molar-refractivity contribution in [3.63, 3.8) is 0 Å². The fourth-order valence-electron chi connectivity index (χ4n) is 2.38. The van der Waals surface area contributed by atoms with Gasteiger partial charge in [-0.15, -0.1) is 0 Å². The van der Waals surface area contributed by atoms with Crippen molar-refractivity contribution >= 4 is 0 Å². The molecule has 20 heavy (non-hydrogen) atoms. The summed E-state index contributed by atoms with van der Waals surface area (Å²) in [5, 5.41) is 4.26. The normalized spacial score (nSPS) is 14.4. The van der Waals surface area contributed by atoms with Crippen LogP contribution < -0.4 is 0 Å². The number of nitrogens with zero attached hydrogens (tertiary/aromatic N) is 3. The molecule has 2 aromatic rings. The van der Waals surface area contributed by atoms with Crippen LogP contribution in [0, 0.1) is 0 Å². The molecule has 1 aromatic heterocycles. The van der Waals surface area contributed by atoms with Gasteiger partial charge in [-0.2, -0.15) is 5.10 Å². The third kappa shape index (κ3) is 3.68. The van der Waals surface area contributed by atoms with Gasteiger partial charge in [0, 0.05) is 19.8 Å². The van der Waals surface area contributed by atoms with E-state index >= 15 is 0 Å². The minimum absolute atomic E-state index is 0.0846. The van der Waals surface area contributed by atoms with Crippen LogP contribution in [0.15, 0.2) is 42.6 Å². The first kappa shape index (κ1) is 14.8. The largest absolute Gasteiger partial charge is 0.363 e. The molecule has 0 amide bonds. The fraction of sp³-hybridized carbons (Fsp3) is 0.438. The Morgan fingerprint density at radius 1 is 1.20 bits per heavy atom. The lowest BCUT2D eigenvalue weighted by molar-refractivity contribution is 0.00254. The molecule has 0 bridgehead atoms. The van der Waals surface area contributed by atoms with Crippen molar-refractivity contribution in [3.05, 3.63) is 53.9 Å². The SMILES string of the molecule is CC(CN(C)C)OC(c1ccccc1)c1ccnn1C. The molecule has 0 aliphatic carbocycles. The number of rotatable bonds is 6. The Bertz CT molecular complexity index is 522. The first-order chi connectivity index (χ1) is 9.58. The average Bonchev–Trinajstić information content (AvgIpc) is 2.82. The third-order valence-corrected chi connectivity index (χ3v) is 3.22. The van der Waals surface area contributed by atoms with Crippen LogP contribution in [0.4, 0.5) is 0 Å². The number of benzene rings is 1. The highest BCUT2D eigenvalue weighted by atomic mass is 16.5. The molecule has 4 nitrogen and oxygen atoms in total. The van der Waals surface area contributed by atoms with Crippen molar-refractivity contribution in [2.75, 3.05) is 20.6 Å². The van der Waals surface area contributed by atoms with Crippen LogP contribution in [0.2, 0.25) is 0 Å². The first-order valence-corrected chi connectivity index (χ1v) is 6.91. The van der Waals surface area contributed by atoms with Gasteiger partial charge in [0.25, 0.3) is 0 Å². The van der Waals surface area contributed by atoms with Gasteiger partial charge in [-0.25, -0.2) is 0 Å². The monoisotopic (exact) mass is 273 g/mol. The summed E-state index contributed by atoms with van der Waals surface area (Å²) in [4.78, 5) is 2.13. The van der Waals surface area contributed by atoms with Crippen LogP contribution in [0.5, 0.6) is 0 Å². The van der Waals surface area contributed by atoms with Gasteiger partial charge in [-0.3, -0.25) is 4.68 Å². The number of aryl methyl sites for hydroxylation is 1. The van der Waals surface area contributed by atoms with Gasteiger partial charge in [-0.1, -0.05) is 30.3 Å². The Balaban J connectivity index is 2.24. The fourth-order valence-corrected chi connectivity index (χ4v) is 2.38. The summed E-state index contributed by atoms with van der Waals surface area (Å²) in [5.41, 5.74) is 2.23. The zero-order valence-corrected chi connectivity index (χ0v) is 12.7. The number of hydrogen-bond acceptors (Lipinski definition) is 3. The summed E-state index contributed by atoms with van der Waals surface area (Å²) in [6, 6.07) is 12.3. The molecule has 0 N–H and O–H groups in total. The summed E-state index contributed by atoms with van der Waals surface area (Å²) in [6.45, 7) is 2.99. The van der Waals surface area contributed by atoms with Crippen molar-refractivity contribution in [2.45, 2.75) is 19.1 Å². The summed E-state index contributed by atoms with van der Waals surface area (Å²) < 4.78 is 8.15. The van der Waals surface area contributed by atoms with Crippen molar-refractivity contribution in [3.8, 4) is 0 Å². The second kappa shape index (κ2) is 6.68. The molecule has 4 heteroatoms. The molecule has 0 saturated heterocycles. The molecule has 1 heterocycles. The zero-order valence-electron chi connectivity index (χ0n) is 12.7. The van der Waals surface area contributed by atoms with Gasteiger partial charge in [0.15, 0.2) is 0 Å². The second-order valence-electron chi connectivity index (χ2n) is 5.38. The minimum atomic E-state index is -0.0846. The maximum Gasteiger partial charge on any atom is 0.125 e. The van der Waals surface area contributed by atoms with Crippen molar-refractivity contribution in [1.29, 1.82) is 0 Å². The molecule has 2 rings (SSSR count). The van der Waals surface area contributed by atoms with Gasteiger partial charge in [0.2, 0.25) is 0 Å². The predicted octanol–water partition coefficient (Wildman–Crippen LogP) is 2.48. The van der Waals surface area contributed by atoms with E-state index in [9.17, 15) is 0 Å². The van der Waals surface area contributed by atoms with Crippen LogP contribution in [0.3, 0.4) is 0 Å². The highest BCUT2D eigenvalue weighted by molar-refractivity contribution is 5.25. The number of aromatic nitrogens is 2. The van der Waals surface area contributed by atoms with Gasteiger partial charge >= 0.3 is 0 Å². The van der Waals surface area contributed by atoms with E-state index in [1.165, 1.54) is 0 Å². The van der Waals surface area contributed by atoms with E-state index in [0.717, 1.165) is 17.8 Å². The van der Waals surface area contributed by atoms with Crippen molar-refractivity contribution in [1.82, 2.24) is 14.7 Å². The molecule has 0 saturated carbocycles. The molecular weight excluding hydrogens is 250 g/mol. The average molecular weight is 273 g/mol. The lowest BCUT2D eigenvalue weighted by Crippen LogP contribution is -2.28. The standard InChI is InChI=1S/C16H23N3O/c1-13(12-18(2)3)20-16(14-8-6-5-7-9-14)15-10-11-17-19(15)4/h5-11,13,16H,12H2,1-4H3. The smallest absolute Gasteiger partial charge is 0.125 e. The van der Waals surface area contributed by atoms with E-state index in [-0.39, 0.29) is 12.2 Å². The number of ether oxygens (including phenoxy) is 1. The van der Waals surface area contributed by atoms with E-state index in [0.29, 0.717) is 0 Å². The number of hydrogen-bond donors (Lipinski definition) is 0. The van der Waals surface area contributed by atoms with Crippen molar-refractivity contribution < 1.29 is 4.74 Å². The molecule has 2 unspecified atom stereocenters. The highest BCUT2D eigenvalue weighted by Gasteiger charge is 2.20. The molecule has 2 atom stereocenters. The van der Waals surface area contributed by atoms with Crippen LogP contribution in [0.25, 0.3) is 0 Å². The molecule has 0 aliphatic heterocycles. The van der Waals surface area contributed by atoms with E-state index in [4.69, 9.17) is 4.74 Å².